The molecule has 6 nitrogen and oxygen atoms in total. The Morgan fingerprint density at radius 1 is 0.933 bits per heavy atom. The molecule has 0 rings (SSSR count). The van der Waals surface area contributed by atoms with Gasteiger partial charge >= 0.3 is 0 Å². The molecule has 0 aromatic rings. The van der Waals surface area contributed by atoms with E-state index >= 15 is 0 Å². The number of rotatable bonds is 11. The van der Waals surface area contributed by atoms with Crippen LogP contribution >= 0.6 is 0 Å². The first kappa shape index (κ1) is 14.2. The zero-order valence-electron chi connectivity index (χ0n) is 9.22. The first-order valence-electron chi connectivity index (χ1n) is 5.16. The Labute approximate surface area is 90.1 Å². The fraction of sp³-hybridized carbons (Fsp3) is 1.00. The van der Waals surface area contributed by atoms with Crippen LogP contribution in [0, 0.1) is 0 Å². The van der Waals surface area contributed by atoms with Gasteiger partial charge in [-0.1, -0.05) is 12.0 Å². The lowest BCUT2D eigenvalue weighted by atomic mass is 10.5. The molecular formula is C9H19N3O3. The van der Waals surface area contributed by atoms with Crippen LogP contribution < -0.4 is 0 Å². The topological polar surface area (TPSA) is 76.5 Å². The molecule has 0 unspecified atom stereocenters. The fourth-order valence-electron chi connectivity index (χ4n) is 0.836. The highest BCUT2D eigenvalue weighted by Gasteiger charge is 1.90. The minimum Gasteiger partial charge on any atom is -0.379 e. The first-order chi connectivity index (χ1) is 7.41. The van der Waals surface area contributed by atoms with Gasteiger partial charge in [0.05, 0.1) is 33.0 Å². The van der Waals surface area contributed by atoms with Crippen molar-refractivity contribution in [2.24, 2.45) is 5.11 Å². The summed E-state index contributed by atoms with van der Waals surface area (Å²) >= 11 is 0. The van der Waals surface area contributed by atoms with Crippen molar-refractivity contribution in [3.8, 4) is 0 Å². The lowest BCUT2D eigenvalue weighted by Crippen LogP contribution is -2.10. The number of ether oxygens (including phenoxy) is 3. The van der Waals surface area contributed by atoms with Gasteiger partial charge in [-0.3, -0.25) is 0 Å². The molecule has 6 heteroatoms. The lowest BCUT2D eigenvalue weighted by molar-refractivity contribution is 0.0161. The zero-order valence-corrected chi connectivity index (χ0v) is 9.22. The molecule has 0 aromatic heterocycles. The summed E-state index contributed by atoms with van der Waals surface area (Å²) in [5, 5.41) is 3.33. The Balaban J connectivity index is 2.89. The van der Waals surface area contributed by atoms with Crippen LogP contribution in [0.5, 0.6) is 0 Å². The number of nitrogens with zero attached hydrogens (tertiary/aromatic N) is 3. The van der Waals surface area contributed by atoms with Gasteiger partial charge in [0, 0.05) is 18.1 Å². The van der Waals surface area contributed by atoms with Gasteiger partial charge in [0.1, 0.15) is 0 Å². The van der Waals surface area contributed by atoms with Gasteiger partial charge < -0.3 is 14.2 Å². The molecule has 0 amide bonds. The van der Waals surface area contributed by atoms with E-state index in [1.54, 1.807) is 0 Å². The average molecular weight is 217 g/mol. The molecule has 0 aromatic carbocycles. The summed E-state index contributed by atoms with van der Waals surface area (Å²) in [5.41, 5.74) is 7.97. The van der Waals surface area contributed by atoms with Gasteiger partial charge in [-0.25, -0.2) is 0 Å². The van der Waals surface area contributed by atoms with E-state index in [2.05, 4.69) is 16.9 Å². The SMILES string of the molecule is CCCOCCOCCOCCN=[N+]=[N-]. The first-order valence-corrected chi connectivity index (χ1v) is 5.16. The molecule has 0 aliphatic carbocycles. The van der Waals surface area contributed by atoms with Crippen molar-refractivity contribution < 1.29 is 14.2 Å². The molecule has 0 saturated carbocycles. The van der Waals surface area contributed by atoms with Crippen molar-refractivity contribution in [2.45, 2.75) is 13.3 Å². The maximum Gasteiger partial charge on any atom is 0.0701 e. The Morgan fingerprint density at radius 3 is 2.00 bits per heavy atom. The summed E-state index contributed by atoms with van der Waals surface area (Å²) in [6.45, 7) is 5.97. The van der Waals surface area contributed by atoms with Crippen LogP contribution in [0.15, 0.2) is 5.11 Å². The Morgan fingerprint density at radius 2 is 1.47 bits per heavy atom. The Bertz CT molecular complexity index is 172. The molecule has 0 bridgehead atoms. The van der Waals surface area contributed by atoms with Gasteiger partial charge in [0.15, 0.2) is 0 Å². The van der Waals surface area contributed by atoms with Crippen molar-refractivity contribution in [1.29, 1.82) is 0 Å². The third-order valence-corrected chi connectivity index (χ3v) is 1.49. The third-order valence-electron chi connectivity index (χ3n) is 1.49. The second-order valence-corrected chi connectivity index (χ2v) is 2.79. The van der Waals surface area contributed by atoms with Gasteiger partial charge in [-0.15, -0.1) is 0 Å². The molecular weight excluding hydrogens is 198 g/mol. The normalized spacial score (nSPS) is 9.93. The summed E-state index contributed by atoms with van der Waals surface area (Å²) < 4.78 is 15.6. The van der Waals surface area contributed by atoms with Crippen molar-refractivity contribution in [3.63, 3.8) is 0 Å². The van der Waals surface area contributed by atoms with E-state index in [1.807, 2.05) is 0 Å². The van der Waals surface area contributed by atoms with Gasteiger partial charge in [-0.05, 0) is 12.0 Å². The summed E-state index contributed by atoms with van der Waals surface area (Å²) in [6, 6.07) is 0. The summed E-state index contributed by atoms with van der Waals surface area (Å²) in [7, 11) is 0. The van der Waals surface area contributed by atoms with Gasteiger partial charge in [0.25, 0.3) is 0 Å². The maximum absolute atomic E-state index is 7.97. The molecule has 0 spiro atoms. The summed E-state index contributed by atoms with van der Waals surface area (Å²) in [4.78, 5) is 2.61. The largest absolute Gasteiger partial charge is 0.379 e. The predicted molar refractivity (Wildman–Crippen MR) is 56.8 cm³/mol. The fourth-order valence-corrected chi connectivity index (χ4v) is 0.836. The van der Waals surface area contributed by atoms with Crippen LogP contribution in [-0.2, 0) is 14.2 Å². The molecule has 0 heterocycles. The number of hydrogen-bond donors (Lipinski definition) is 0. The standard InChI is InChI=1S/C9H19N3O3/c1-2-4-13-6-8-15-9-7-14-5-3-11-12-10/h2-9H2,1H3. The zero-order chi connectivity index (χ0) is 11.2. The lowest BCUT2D eigenvalue weighted by Gasteiger charge is -2.05. The van der Waals surface area contributed by atoms with Crippen LogP contribution in [0.4, 0.5) is 0 Å². The maximum atomic E-state index is 7.97. The smallest absolute Gasteiger partial charge is 0.0701 e. The second-order valence-electron chi connectivity index (χ2n) is 2.79. The van der Waals surface area contributed by atoms with Crippen molar-refractivity contribution >= 4 is 0 Å². The van der Waals surface area contributed by atoms with Gasteiger partial charge in [0.2, 0.25) is 0 Å². The molecule has 0 radical (unpaired) electrons. The number of azide groups is 1. The Hall–Kier alpha value is -0.810. The monoisotopic (exact) mass is 217 g/mol. The van der Waals surface area contributed by atoms with Crippen molar-refractivity contribution in [3.05, 3.63) is 10.4 Å². The van der Waals surface area contributed by atoms with Crippen LogP contribution in [0.1, 0.15) is 13.3 Å². The minimum absolute atomic E-state index is 0.371. The van der Waals surface area contributed by atoms with E-state index < -0.39 is 0 Å². The average Bonchev–Trinajstić information content (AvgIpc) is 2.26. The number of hydrogen-bond acceptors (Lipinski definition) is 4. The minimum atomic E-state index is 0.371. The Kier molecular flexibility index (Phi) is 12.5. The van der Waals surface area contributed by atoms with Crippen molar-refractivity contribution in [2.75, 3.05) is 46.2 Å². The molecule has 15 heavy (non-hydrogen) atoms. The van der Waals surface area contributed by atoms with E-state index in [9.17, 15) is 0 Å². The van der Waals surface area contributed by atoms with Gasteiger partial charge in [-0.2, -0.15) is 0 Å². The summed E-state index contributed by atoms with van der Waals surface area (Å²) in [5.74, 6) is 0. The molecule has 88 valence electrons. The molecule has 0 saturated heterocycles. The predicted octanol–water partition coefficient (Wildman–Crippen LogP) is 1.76. The van der Waals surface area contributed by atoms with E-state index in [4.69, 9.17) is 19.7 Å². The van der Waals surface area contributed by atoms with E-state index in [0.29, 0.717) is 39.6 Å². The molecule has 0 aliphatic rings. The van der Waals surface area contributed by atoms with Crippen LogP contribution in [0.2, 0.25) is 0 Å². The molecule has 0 fully saturated rings. The van der Waals surface area contributed by atoms with Crippen LogP contribution in [0.3, 0.4) is 0 Å². The second kappa shape index (κ2) is 13.2. The molecule has 0 N–H and O–H groups in total. The summed E-state index contributed by atoms with van der Waals surface area (Å²) in [6.07, 6.45) is 1.03. The van der Waals surface area contributed by atoms with E-state index in [1.165, 1.54) is 0 Å². The molecule has 0 aliphatic heterocycles. The quantitative estimate of drug-likeness (QED) is 0.229. The van der Waals surface area contributed by atoms with E-state index in [-0.39, 0.29) is 0 Å². The van der Waals surface area contributed by atoms with Crippen LogP contribution in [0.25, 0.3) is 10.4 Å². The highest BCUT2D eigenvalue weighted by atomic mass is 16.5. The van der Waals surface area contributed by atoms with Crippen molar-refractivity contribution in [1.82, 2.24) is 0 Å². The molecule has 0 atom stereocenters. The highest BCUT2D eigenvalue weighted by Crippen LogP contribution is 1.83. The van der Waals surface area contributed by atoms with E-state index in [0.717, 1.165) is 13.0 Å². The highest BCUT2D eigenvalue weighted by molar-refractivity contribution is 4.44. The third kappa shape index (κ3) is 13.2. The van der Waals surface area contributed by atoms with Crippen LogP contribution in [-0.4, -0.2) is 46.2 Å².